The van der Waals surface area contributed by atoms with Crippen LogP contribution in [0.3, 0.4) is 0 Å². The van der Waals surface area contributed by atoms with Crippen molar-refractivity contribution in [3.8, 4) is 33.8 Å². The highest BCUT2D eigenvalue weighted by molar-refractivity contribution is 6.41. The van der Waals surface area contributed by atoms with Gasteiger partial charge in [0, 0.05) is 27.5 Å². The lowest BCUT2D eigenvalue weighted by Gasteiger charge is -2.25. The first-order chi connectivity index (χ1) is 18.5. The molecule has 0 aliphatic heterocycles. The summed E-state index contributed by atoms with van der Waals surface area (Å²) in [6.45, 7) is 0. The van der Waals surface area contributed by atoms with E-state index in [9.17, 15) is 19.8 Å². The molecule has 0 amide bonds. The minimum absolute atomic E-state index is 0.0399. The van der Waals surface area contributed by atoms with E-state index in [1.807, 2.05) is 54.6 Å². The Kier molecular flexibility index (Phi) is 3.33. The molecular formula is C34H16O4. The molecule has 0 unspecified atom stereocenters. The minimum Gasteiger partial charge on any atom is -0.504 e. The molecule has 2 aliphatic rings. The number of rotatable bonds is 0. The van der Waals surface area contributed by atoms with Crippen LogP contribution in [0.4, 0.5) is 0 Å². The first-order valence-corrected chi connectivity index (χ1v) is 12.5. The van der Waals surface area contributed by atoms with Gasteiger partial charge in [0.2, 0.25) is 0 Å². The molecule has 0 bridgehead atoms. The molecule has 2 aliphatic carbocycles. The fourth-order valence-corrected chi connectivity index (χ4v) is 6.95. The molecule has 0 atom stereocenters. The Balaban J connectivity index is 1.50. The number of fused-ring (bicyclic) bond motifs is 6. The van der Waals surface area contributed by atoms with Crippen LogP contribution in [0.2, 0.25) is 0 Å². The zero-order chi connectivity index (χ0) is 25.4. The van der Waals surface area contributed by atoms with E-state index in [0.29, 0.717) is 16.7 Å². The van der Waals surface area contributed by atoms with E-state index < -0.39 is 0 Å². The van der Waals surface area contributed by atoms with Gasteiger partial charge >= 0.3 is 0 Å². The number of carbonyl (C=O) groups is 2. The third-order valence-corrected chi connectivity index (χ3v) is 8.53. The normalized spacial score (nSPS) is 13.6. The van der Waals surface area contributed by atoms with E-state index in [1.165, 1.54) is 6.07 Å². The highest BCUT2D eigenvalue weighted by atomic mass is 16.3. The molecule has 9 rings (SSSR count). The third kappa shape index (κ3) is 2.07. The molecule has 0 saturated carbocycles. The fourth-order valence-electron chi connectivity index (χ4n) is 6.95. The van der Waals surface area contributed by atoms with E-state index in [0.717, 1.165) is 65.3 Å². The number of hydrogen-bond donors (Lipinski definition) is 2. The first kappa shape index (κ1) is 19.9. The van der Waals surface area contributed by atoms with Crippen LogP contribution in [0.1, 0.15) is 31.8 Å². The molecule has 0 fully saturated rings. The lowest BCUT2D eigenvalue weighted by molar-refractivity contribution is 0.103. The van der Waals surface area contributed by atoms with Gasteiger partial charge in [0.15, 0.2) is 23.1 Å². The van der Waals surface area contributed by atoms with Crippen molar-refractivity contribution in [3.63, 3.8) is 0 Å². The standard InChI is InChI=1S/C34H16O4/c35-26-14-13-22-21-8-7-18-19-9-11-24-29-16(15-3-1-2-4-23(15)32(24)36)5-6-17(27(19)29)20-10-12-25(30(21)28(18)20)33(37)31(22)34(26)38/h1-14,35,38H. The van der Waals surface area contributed by atoms with Crippen LogP contribution in [-0.2, 0) is 0 Å². The maximum Gasteiger partial charge on any atom is 0.198 e. The van der Waals surface area contributed by atoms with Crippen LogP contribution in [0.25, 0.3) is 65.3 Å². The Labute approximate surface area is 215 Å². The minimum atomic E-state index is -0.388. The summed E-state index contributed by atoms with van der Waals surface area (Å²) in [5.41, 5.74) is 5.55. The van der Waals surface area contributed by atoms with Gasteiger partial charge in [0.05, 0.1) is 5.56 Å². The van der Waals surface area contributed by atoms with Crippen molar-refractivity contribution < 1.29 is 19.8 Å². The van der Waals surface area contributed by atoms with Crippen molar-refractivity contribution in [1.29, 1.82) is 0 Å². The van der Waals surface area contributed by atoms with Crippen LogP contribution < -0.4 is 0 Å². The zero-order valence-corrected chi connectivity index (χ0v) is 19.8. The summed E-state index contributed by atoms with van der Waals surface area (Å²) in [7, 11) is 0. The molecule has 4 nitrogen and oxygen atoms in total. The average Bonchev–Trinajstić information content (AvgIpc) is 2.95. The topological polar surface area (TPSA) is 74.6 Å². The summed E-state index contributed by atoms with van der Waals surface area (Å²) in [6.07, 6.45) is 0. The number of hydrogen-bond acceptors (Lipinski definition) is 4. The summed E-state index contributed by atoms with van der Waals surface area (Å²) in [5, 5.41) is 28.6. The Morgan fingerprint density at radius 2 is 0.868 bits per heavy atom. The number of aromatic hydroxyl groups is 2. The van der Waals surface area contributed by atoms with E-state index in [1.54, 1.807) is 6.07 Å². The maximum atomic E-state index is 13.6. The second-order valence-electron chi connectivity index (χ2n) is 10.2. The van der Waals surface area contributed by atoms with Crippen LogP contribution >= 0.6 is 0 Å². The molecule has 0 saturated heterocycles. The Bertz CT molecular complexity index is 2270. The van der Waals surface area contributed by atoms with Crippen molar-refractivity contribution >= 4 is 54.7 Å². The van der Waals surface area contributed by atoms with E-state index in [4.69, 9.17) is 0 Å². The Morgan fingerprint density at radius 3 is 1.47 bits per heavy atom. The lowest BCUT2D eigenvalue weighted by atomic mass is 9.76. The smallest absolute Gasteiger partial charge is 0.198 e. The number of phenolic OH excluding ortho intramolecular Hbond substituents is 2. The highest BCUT2D eigenvalue weighted by Gasteiger charge is 2.32. The number of phenols is 2. The first-order valence-electron chi connectivity index (χ1n) is 12.5. The second-order valence-corrected chi connectivity index (χ2v) is 10.2. The summed E-state index contributed by atoms with van der Waals surface area (Å²) >= 11 is 0. The number of benzene rings is 7. The van der Waals surface area contributed by atoms with Gasteiger partial charge in [-0.25, -0.2) is 0 Å². The van der Waals surface area contributed by atoms with Gasteiger partial charge in [-0.2, -0.15) is 0 Å². The third-order valence-electron chi connectivity index (χ3n) is 8.53. The van der Waals surface area contributed by atoms with Crippen LogP contribution in [0, 0.1) is 0 Å². The number of ketones is 2. The van der Waals surface area contributed by atoms with Crippen LogP contribution in [-0.4, -0.2) is 21.8 Å². The van der Waals surface area contributed by atoms with Crippen LogP contribution in [0.5, 0.6) is 11.5 Å². The van der Waals surface area contributed by atoms with Gasteiger partial charge in [-0.3, -0.25) is 9.59 Å². The predicted octanol–water partition coefficient (Wildman–Crippen LogP) is 7.57. The zero-order valence-electron chi connectivity index (χ0n) is 19.8. The van der Waals surface area contributed by atoms with Gasteiger partial charge in [0.1, 0.15) is 0 Å². The molecule has 38 heavy (non-hydrogen) atoms. The van der Waals surface area contributed by atoms with Crippen molar-refractivity contribution in [2.75, 3.05) is 0 Å². The SMILES string of the molecule is O=C1c2ccccc2-c2ccc3c4ccc5c6c(ccc(c7ccc1c2c37)c64)-c1ccc(O)c(O)c1C5=O. The van der Waals surface area contributed by atoms with Crippen molar-refractivity contribution in [1.82, 2.24) is 0 Å². The molecule has 176 valence electrons. The Hall–Kier alpha value is -5.22. The van der Waals surface area contributed by atoms with Crippen molar-refractivity contribution in [3.05, 3.63) is 107 Å². The van der Waals surface area contributed by atoms with Gasteiger partial charge < -0.3 is 10.2 Å². The van der Waals surface area contributed by atoms with Gasteiger partial charge in [-0.1, -0.05) is 60.7 Å². The summed E-state index contributed by atoms with van der Waals surface area (Å²) < 4.78 is 0. The molecule has 0 radical (unpaired) electrons. The molecule has 7 aromatic rings. The van der Waals surface area contributed by atoms with E-state index in [2.05, 4.69) is 18.2 Å². The summed E-state index contributed by atoms with van der Waals surface area (Å²) in [5.74, 6) is -0.960. The Morgan fingerprint density at radius 1 is 0.395 bits per heavy atom. The second kappa shape index (κ2) is 6.36. The molecule has 2 N–H and O–H groups in total. The predicted molar refractivity (Wildman–Crippen MR) is 149 cm³/mol. The van der Waals surface area contributed by atoms with Gasteiger partial charge in [-0.15, -0.1) is 0 Å². The van der Waals surface area contributed by atoms with Crippen molar-refractivity contribution in [2.45, 2.75) is 0 Å². The number of carbonyl (C=O) groups excluding carboxylic acids is 2. The van der Waals surface area contributed by atoms with Gasteiger partial charge in [-0.05, 0) is 78.8 Å². The molecular weight excluding hydrogens is 472 g/mol. The highest BCUT2D eigenvalue weighted by Crippen LogP contribution is 2.51. The summed E-state index contributed by atoms with van der Waals surface area (Å²) in [4.78, 5) is 27.1. The maximum absolute atomic E-state index is 13.6. The molecule has 0 spiro atoms. The van der Waals surface area contributed by atoms with Gasteiger partial charge in [0.25, 0.3) is 0 Å². The molecule has 4 heteroatoms. The average molecular weight is 488 g/mol. The van der Waals surface area contributed by atoms with Crippen molar-refractivity contribution in [2.24, 2.45) is 0 Å². The largest absolute Gasteiger partial charge is 0.504 e. The van der Waals surface area contributed by atoms with E-state index in [-0.39, 0.29) is 28.6 Å². The molecule has 0 heterocycles. The summed E-state index contributed by atoms with van der Waals surface area (Å²) in [6, 6.07) is 27.0. The van der Waals surface area contributed by atoms with E-state index >= 15 is 0 Å². The quantitative estimate of drug-likeness (QED) is 0.131. The molecule has 0 aromatic heterocycles. The van der Waals surface area contributed by atoms with Crippen LogP contribution in [0.15, 0.2) is 84.9 Å². The molecule has 7 aromatic carbocycles. The monoisotopic (exact) mass is 488 g/mol. The lowest BCUT2D eigenvalue weighted by Crippen LogP contribution is -2.11. The fraction of sp³-hybridized carbons (Fsp3) is 0.